The van der Waals surface area contributed by atoms with Crippen LogP contribution in [-0.2, 0) is 9.53 Å². The molecule has 1 aromatic carbocycles. The van der Waals surface area contributed by atoms with Gasteiger partial charge in [-0.15, -0.1) is 0 Å². The molecule has 1 aliphatic rings. The van der Waals surface area contributed by atoms with Crippen molar-refractivity contribution in [3.63, 3.8) is 0 Å². The normalized spacial score (nSPS) is 22.5. The second kappa shape index (κ2) is 7.81. The summed E-state index contributed by atoms with van der Waals surface area (Å²) in [6, 6.07) is 5.32. The van der Waals surface area contributed by atoms with E-state index in [1.807, 2.05) is 6.92 Å². The van der Waals surface area contributed by atoms with Gasteiger partial charge >= 0.3 is 5.97 Å². The van der Waals surface area contributed by atoms with E-state index in [0.717, 1.165) is 0 Å². The minimum atomic E-state index is -0.471. The Morgan fingerprint density at radius 3 is 2.83 bits per heavy atom. The molecule has 0 radical (unpaired) electrons. The van der Waals surface area contributed by atoms with Crippen LogP contribution in [-0.4, -0.2) is 37.3 Å². The summed E-state index contributed by atoms with van der Waals surface area (Å²) in [6.45, 7) is 3.56. The Labute approximate surface area is 140 Å². The summed E-state index contributed by atoms with van der Waals surface area (Å²) >= 11 is 0. The van der Waals surface area contributed by atoms with Gasteiger partial charge in [0.15, 0.2) is 11.5 Å². The third-order valence-electron chi connectivity index (χ3n) is 4.03. The number of carbonyl (C=O) groups excluding carboxylic acids is 1. The van der Waals surface area contributed by atoms with Gasteiger partial charge in [-0.25, -0.2) is 4.79 Å². The van der Waals surface area contributed by atoms with Gasteiger partial charge in [-0.1, -0.05) is 18.2 Å². The van der Waals surface area contributed by atoms with E-state index in [1.165, 1.54) is 13.2 Å². The van der Waals surface area contributed by atoms with Crippen molar-refractivity contribution >= 4 is 5.97 Å². The maximum absolute atomic E-state index is 11.6. The zero-order chi connectivity index (χ0) is 17.7. The van der Waals surface area contributed by atoms with E-state index >= 15 is 0 Å². The van der Waals surface area contributed by atoms with E-state index < -0.39 is 11.9 Å². The first-order valence-electron chi connectivity index (χ1n) is 7.78. The van der Waals surface area contributed by atoms with Crippen molar-refractivity contribution in [3.05, 3.63) is 46.0 Å². The van der Waals surface area contributed by atoms with Crippen molar-refractivity contribution in [2.75, 3.05) is 20.3 Å². The molecule has 0 saturated carbocycles. The van der Waals surface area contributed by atoms with Gasteiger partial charge in [0.25, 0.3) is 0 Å². The molecule has 0 aliphatic carbocycles. The highest BCUT2D eigenvalue weighted by Crippen LogP contribution is 2.45. The van der Waals surface area contributed by atoms with E-state index in [1.54, 1.807) is 31.2 Å². The van der Waals surface area contributed by atoms with Gasteiger partial charge in [0.2, 0.25) is 6.54 Å². The smallest absolute Gasteiger partial charge is 0.330 e. The lowest BCUT2D eigenvalue weighted by Crippen LogP contribution is -2.36. The van der Waals surface area contributed by atoms with E-state index in [2.05, 4.69) is 0 Å². The third kappa shape index (κ3) is 3.84. The fourth-order valence-corrected chi connectivity index (χ4v) is 2.96. The molecule has 0 unspecified atom stereocenters. The van der Waals surface area contributed by atoms with Crippen molar-refractivity contribution in [1.29, 1.82) is 0 Å². The SMILES string of the molecule is CCOC(=O)/C=C/[C@H]1[C@H](C)Oc2c(OC)cccc2[C@@H]1C[N+](=O)[O-]. The molecule has 1 aromatic rings. The lowest BCUT2D eigenvalue weighted by Gasteiger charge is -2.35. The maximum Gasteiger partial charge on any atom is 0.330 e. The van der Waals surface area contributed by atoms with Crippen LogP contribution < -0.4 is 9.47 Å². The summed E-state index contributed by atoms with van der Waals surface area (Å²) in [7, 11) is 1.53. The summed E-state index contributed by atoms with van der Waals surface area (Å²) in [5.74, 6) is -0.138. The maximum atomic E-state index is 11.6. The van der Waals surface area contributed by atoms with Crippen molar-refractivity contribution in [2.24, 2.45) is 5.92 Å². The molecule has 0 N–H and O–H groups in total. The summed E-state index contributed by atoms with van der Waals surface area (Å²) in [6.07, 6.45) is 2.61. The van der Waals surface area contributed by atoms with Gasteiger partial charge < -0.3 is 14.2 Å². The number of benzene rings is 1. The Kier molecular flexibility index (Phi) is 5.78. The number of methoxy groups -OCH3 is 1. The highest BCUT2D eigenvalue weighted by atomic mass is 16.6. The Morgan fingerprint density at radius 2 is 2.21 bits per heavy atom. The molecule has 1 heterocycles. The largest absolute Gasteiger partial charge is 0.493 e. The van der Waals surface area contributed by atoms with Crippen molar-refractivity contribution in [2.45, 2.75) is 25.9 Å². The minimum absolute atomic E-state index is 0.258. The van der Waals surface area contributed by atoms with Crippen LogP contribution in [0.3, 0.4) is 0 Å². The molecule has 0 amide bonds. The zero-order valence-corrected chi connectivity index (χ0v) is 13.9. The molecule has 0 spiro atoms. The third-order valence-corrected chi connectivity index (χ3v) is 4.03. The van der Waals surface area contributed by atoms with Crippen molar-refractivity contribution in [1.82, 2.24) is 0 Å². The molecule has 0 fully saturated rings. The number of para-hydroxylation sites is 1. The van der Waals surface area contributed by atoms with Crippen LogP contribution >= 0.6 is 0 Å². The summed E-state index contributed by atoms with van der Waals surface area (Å²) < 4.78 is 16.1. The van der Waals surface area contributed by atoms with Crippen molar-refractivity contribution in [3.8, 4) is 11.5 Å². The van der Waals surface area contributed by atoms with Gasteiger partial charge in [-0.2, -0.15) is 0 Å². The number of hydrogen-bond acceptors (Lipinski definition) is 6. The number of esters is 1. The standard InChI is InChI=1S/C17H21NO6/c1-4-23-16(19)9-8-12-11(2)24-17-13(14(12)10-18(20)21)6-5-7-15(17)22-3/h5-9,11-12,14H,4,10H2,1-3H3/b9-8+/t11-,12-,14+/m0/s1. The fraction of sp³-hybridized carbons (Fsp3) is 0.471. The predicted octanol–water partition coefficient (Wildman–Crippen LogP) is 2.57. The van der Waals surface area contributed by atoms with Crippen LogP contribution in [0, 0.1) is 16.0 Å². The number of nitrogens with zero attached hydrogens (tertiary/aromatic N) is 1. The highest BCUT2D eigenvalue weighted by molar-refractivity contribution is 5.82. The summed E-state index contributed by atoms with van der Waals surface area (Å²) in [4.78, 5) is 22.4. The van der Waals surface area contributed by atoms with Crippen LogP contribution in [0.1, 0.15) is 25.3 Å². The number of hydrogen-bond donors (Lipinski definition) is 0. The second-order valence-corrected chi connectivity index (χ2v) is 5.51. The molecule has 0 saturated heterocycles. The molecule has 2 rings (SSSR count). The number of nitro groups is 1. The summed E-state index contributed by atoms with van der Waals surface area (Å²) in [5.41, 5.74) is 0.711. The van der Waals surface area contributed by atoms with Crippen LogP contribution in [0.2, 0.25) is 0 Å². The number of carbonyl (C=O) groups is 1. The molecule has 7 heteroatoms. The molecule has 7 nitrogen and oxygen atoms in total. The topological polar surface area (TPSA) is 87.9 Å². The molecule has 0 bridgehead atoms. The lowest BCUT2D eigenvalue weighted by atomic mass is 9.80. The first-order valence-corrected chi connectivity index (χ1v) is 7.78. The molecule has 0 aromatic heterocycles. The zero-order valence-electron chi connectivity index (χ0n) is 13.9. The van der Waals surface area contributed by atoms with Crippen LogP contribution in [0.25, 0.3) is 0 Å². The van der Waals surface area contributed by atoms with Crippen LogP contribution in [0.5, 0.6) is 11.5 Å². The Balaban J connectivity index is 2.39. The quantitative estimate of drug-likeness (QED) is 0.344. The van der Waals surface area contributed by atoms with Gasteiger partial charge in [-0.3, -0.25) is 10.1 Å². The monoisotopic (exact) mass is 335 g/mol. The van der Waals surface area contributed by atoms with Gasteiger partial charge in [-0.05, 0) is 19.9 Å². The molecule has 24 heavy (non-hydrogen) atoms. The van der Waals surface area contributed by atoms with Gasteiger partial charge in [0.1, 0.15) is 6.10 Å². The molecule has 3 atom stereocenters. The summed E-state index contributed by atoms with van der Waals surface area (Å²) in [5, 5.41) is 11.1. The molecule has 1 aliphatic heterocycles. The second-order valence-electron chi connectivity index (χ2n) is 5.51. The van der Waals surface area contributed by atoms with E-state index in [9.17, 15) is 14.9 Å². The number of fused-ring (bicyclic) bond motifs is 1. The Bertz CT molecular complexity index is 642. The van der Waals surface area contributed by atoms with E-state index in [0.29, 0.717) is 17.1 Å². The first-order chi connectivity index (χ1) is 11.5. The van der Waals surface area contributed by atoms with Crippen LogP contribution in [0.15, 0.2) is 30.4 Å². The Hall–Kier alpha value is -2.57. The molecule has 130 valence electrons. The fourth-order valence-electron chi connectivity index (χ4n) is 2.96. The minimum Gasteiger partial charge on any atom is -0.493 e. The molecular formula is C17H21NO6. The van der Waals surface area contributed by atoms with Gasteiger partial charge in [0, 0.05) is 22.5 Å². The Morgan fingerprint density at radius 1 is 1.46 bits per heavy atom. The molecular weight excluding hydrogens is 314 g/mol. The van der Waals surface area contributed by atoms with E-state index in [4.69, 9.17) is 14.2 Å². The van der Waals surface area contributed by atoms with Gasteiger partial charge in [0.05, 0.1) is 19.6 Å². The first kappa shape index (κ1) is 17.8. The van der Waals surface area contributed by atoms with Crippen molar-refractivity contribution < 1.29 is 23.9 Å². The average Bonchev–Trinajstić information content (AvgIpc) is 2.53. The van der Waals surface area contributed by atoms with E-state index in [-0.39, 0.29) is 30.1 Å². The lowest BCUT2D eigenvalue weighted by molar-refractivity contribution is -0.485. The number of ether oxygens (including phenoxy) is 3. The van der Waals surface area contributed by atoms with Crippen LogP contribution in [0.4, 0.5) is 0 Å². The highest BCUT2D eigenvalue weighted by Gasteiger charge is 2.39. The number of rotatable bonds is 6. The predicted molar refractivity (Wildman–Crippen MR) is 86.9 cm³/mol. The average molecular weight is 335 g/mol.